The molecular formula is C15H12IN3O2. The summed E-state index contributed by atoms with van der Waals surface area (Å²) < 4.78 is 3.27. The maximum Gasteiger partial charge on any atom is 0.253 e. The Bertz CT molecular complexity index is 898. The molecule has 3 aromatic rings. The molecule has 106 valence electrons. The number of pyridine rings is 2. The minimum atomic E-state index is -0.0612. The zero-order chi connectivity index (χ0) is 15.1. The van der Waals surface area contributed by atoms with Crippen molar-refractivity contribution in [1.82, 2.24) is 14.0 Å². The van der Waals surface area contributed by atoms with Crippen LogP contribution in [0.1, 0.15) is 16.1 Å². The third kappa shape index (κ3) is 2.39. The van der Waals surface area contributed by atoms with E-state index in [1.54, 1.807) is 57.9 Å². The molecule has 0 aliphatic carbocycles. The van der Waals surface area contributed by atoms with Gasteiger partial charge in [-0.15, -0.1) is 0 Å². The minimum absolute atomic E-state index is 0.00871. The molecule has 21 heavy (non-hydrogen) atoms. The molecule has 0 aromatic carbocycles. The minimum Gasteiger partial charge on any atom is -0.318 e. The predicted molar refractivity (Wildman–Crippen MR) is 89.0 cm³/mol. The molecule has 0 spiro atoms. The molecule has 0 bridgehead atoms. The normalized spacial score (nSPS) is 11.0. The third-order valence-electron chi connectivity index (χ3n) is 3.40. The molecule has 0 radical (unpaired) electrons. The van der Waals surface area contributed by atoms with Crippen LogP contribution < -0.4 is 5.56 Å². The second-order valence-electron chi connectivity index (χ2n) is 4.89. The van der Waals surface area contributed by atoms with Gasteiger partial charge in [-0.05, 0) is 36.2 Å². The zero-order valence-electron chi connectivity index (χ0n) is 11.5. The molecular weight excluding hydrogens is 381 g/mol. The Morgan fingerprint density at radius 3 is 2.67 bits per heavy atom. The van der Waals surface area contributed by atoms with Crippen molar-refractivity contribution >= 4 is 32.0 Å². The first-order valence-corrected chi connectivity index (χ1v) is 7.40. The lowest BCUT2D eigenvalue weighted by molar-refractivity contribution is 0.110. The smallest absolute Gasteiger partial charge is 0.253 e. The molecule has 0 N–H and O–H groups in total. The fraction of sp³-hybridized carbons (Fsp3) is 0.133. The predicted octanol–water partition coefficient (Wildman–Crippen LogP) is 2.58. The molecule has 3 heterocycles. The number of rotatable bonds is 2. The summed E-state index contributed by atoms with van der Waals surface area (Å²) >= 11 is 1.75. The molecule has 3 aromatic heterocycles. The summed E-state index contributed by atoms with van der Waals surface area (Å²) in [6, 6.07) is 5.65. The van der Waals surface area contributed by atoms with Crippen molar-refractivity contribution in [3.63, 3.8) is 0 Å². The van der Waals surface area contributed by atoms with E-state index >= 15 is 0 Å². The lowest BCUT2D eigenvalue weighted by Gasteiger charge is -2.07. The maximum atomic E-state index is 11.8. The number of aromatic nitrogens is 3. The van der Waals surface area contributed by atoms with Crippen LogP contribution in [0.25, 0.3) is 16.8 Å². The lowest BCUT2D eigenvalue weighted by atomic mass is 10.1. The fourth-order valence-corrected chi connectivity index (χ4v) is 2.73. The van der Waals surface area contributed by atoms with E-state index in [1.807, 2.05) is 24.4 Å². The standard InChI is InChI=1S/C15H12IN3O2/c1-9-5-11(7-18(2)15(9)21)10-3-4-13-17-6-12(14(16)20)19(13)8-10/h3-8H,1-2H3. The highest BCUT2D eigenvalue weighted by Crippen LogP contribution is 2.21. The summed E-state index contributed by atoms with van der Waals surface area (Å²) in [4.78, 5) is 27.6. The Kier molecular flexibility index (Phi) is 3.40. The average Bonchev–Trinajstić information content (AvgIpc) is 2.87. The van der Waals surface area contributed by atoms with E-state index in [0.29, 0.717) is 11.3 Å². The fourth-order valence-electron chi connectivity index (χ4n) is 2.33. The molecule has 0 saturated heterocycles. The zero-order valence-corrected chi connectivity index (χ0v) is 13.7. The monoisotopic (exact) mass is 393 g/mol. The first-order valence-electron chi connectivity index (χ1n) is 6.32. The highest BCUT2D eigenvalue weighted by molar-refractivity contribution is 14.1. The van der Waals surface area contributed by atoms with Crippen LogP contribution in [0.15, 0.2) is 41.6 Å². The van der Waals surface area contributed by atoms with Gasteiger partial charge in [-0.1, -0.05) is 0 Å². The molecule has 0 atom stereocenters. The van der Waals surface area contributed by atoms with Gasteiger partial charge in [0.25, 0.3) is 5.56 Å². The molecule has 0 saturated carbocycles. The van der Waals surface area contributed by atoms with Crippen LogP contribution in [0, 0.1) is 6.92 Å². The van der Waals surface area contributed by atoms with Crippen molar-refractivity contribution in [3.05, 3.63) is 58.4 Å². The Morgan fingerprint density at radius 1 is 1.24 bits per heavy atom. The number of hydrogen-bond donors (Lipinski definition) is 0. The highest BCUT2D eigenvalue weighted by Gasteiger charge is 2.10. The Balaban J connectivity index is 2.23. The topological polar surface area (TPSA) is 56.4 Å². The second-order valence-corrected chi connectivity index (χ2v) is 5.87. The van der Waals surface area contributed by atoms with E-state index < -0.39 is 0 Å². The van der Waals surface area contributed by atoms with Gasteiger partial charge in [-0.25, -0.2) is 4.98 Å². The quantitative estimate of drug-likeness (QED) is 0.497. The lowest BCUT2D eigenvalue weighted by Crippen LogP contribution is -2.18. The molecule has 0 aliphatic heterocycles. The van der Waals surface area contributed by atoms with Gasteiger partial charge < -0.3 is 4.57 Å². The van der Waals surface area contributed by atoms with Gasteiger partial charge in [-0.3, -0.25) is 14.0 Å². The summed E-state index contributed by atoms with van der Waals surface area (Å²) in [6.45, 7) is 1.79. The number of carbonyl (C=O) groups is 1. The van der Waals surface area contributed by atoms with Gasteiger partial charge in [0, 0.05) is 47.6 Å². The van der Waals surface area contributed by atoms with E-state index in [-0.39, 0.29) is 9.35 Å². The number of halogens is 1. The third-order valence-corrected chi connectivity index (χ3v) is 3.96. The number of carbonyl (C=O) groups excluding carboxylic acids is 1. The van der Waals surface area contributed by atoms with Gasteiger partial charge in [0.05, 0.1) is 6.20 Å². The largest absolute Gasteiger partial charge is 0.318 e. The maximum absolute atomic E-state index is 11.8. The van der Waals surface area contributed by atoms with Gasteiger partial charge in [0.2, 0.25) is 3.79 Å². The summed E-state index contributed by atoms with van der Waals surface area (Å²) in [6.07, 6.45) is 5.23. The van der Waals surface area contributed by atoms with Crippen LogP contribution in [0.5, 0.6) is 0 Å². The number of fused-ring (bicyclic) bond motifs is 1. The number of nitrogens with zero attached hydrogens (tertiary/aromatic N) is 3. The van der Waals surface area contributed by atoms with Crippen molar-refractivity contribution in [2.75, 3.05) is 0 Å². The van der Waals surface area contributed by atoms with Crippen LogP contribution in [0.2, 0.25) is 0 Å². The molecule has 0 unspecified atom stereocenters. The average molecular weight is 393 g/mol. The van der Waals surface area contributed by atoms with Crippen molar-refractivity contribution in [3.8, 4) is 11.1 Å². The molecule has 5 nitrogen and oxygen atoms in total. The van der Waals surface area contributed by atoms with Crippen molar-refractivity contribution in [2.24, 2.45) is 7.05 Å². The first-order chi connectivity index (χ1) is 9.97. The number of imidazole rings is 1. The Morgan fingerprint density at radius 2 is 2.00 bits per heavy atom. The van der Waals surface area contributed by atoms with Crippen LogP contribution in [-0.2, 0) is 7.05 Å². The van der Waals surface area contributed by atoms with Crippen molar-refractivity contribution < 1.29 is 4.79 Å². The van der Waals surface area contributed by atoms with E-state index in [2.05, 4.69) is 4.98 Å². The Hall–Kier alpha value is -1.96. The molecule has 0 aliphatic rings. The summed E-state index contributed by atoms with van der Waals surface area (Å²) in [5.41, 5.74) is 3.79. The number of hydrogen-bond acceptors (Lipinski definition) is 3. The van der Waals surface area contributed by atoms with E-state index in [4.69, 9.17) is 0 Å². The van der Waals surface area contributed by atoms with Crippen LogP contribution >= 0.6 is 22.6 Å². The Labute approximate surface area is 134 Å². The van der Waals surface area contributed by atoms with E-state index in [0.717, 1.165) is 16.8 Å². The van der Waals surface area contributed by atoms with Crippen molar-refractivity contribution in [2.45, 2.75) is 6.92 Å². The highest BCUT2D eigenvalue weighted by atomic mass is 127. The molecule has 0 amide bonds. The molecule has 3 rings (SSSR count). The van der Waals surface area contributed by atoms with Crippen LogP contribution in [0.3, 0.4) is 0 Å². The van der Waals surface area contributed by atoms with Gasteiger partial charge in [0.1, 0.15) is 11.3 Å². The number of aryl methyl sites for hydroxylation is 2. The molecule has 0 fully saturated rings. The second kappa shape index (κ2) is 5.10. The summed E-state index contributed by atoms with van der Waals surface area (Å²) in [5, 5.41) is 0. The van der Waals surface area contributed by atoms with Gasteiger partial charge in [-0.2, -0.15) is 0 Å². The summed E-state index contributed by atoms with van der Waals surface area (Å²) in [7, 11) is 1.73. The van der Waals surface area contributed by atoms with Gasteiger partial charge >= 0.3 is 0 Å². The first kappa shape index (κ1) is 14.0. The van der Waals surface area contributed by atoms with Crippen LogP contribution in [-0.4, -0.2) is 17.7 Å². The van der Waals surface area contributed by atoms with Gasteiger partial charge in [0.15, 0.2) is 0 Å². The van der Waals surface area contributed by atoms with Crippen LogP contribution in [0.4, 0.5) is 0 Å². The summed E-state index contributed by atoms with van der Waals surface area (Å²) in [5.74, 6) is 0. The van der Waals surface area contributed by atoms with E-state index in [1.165, 1.54) is 0 Å². The SMILES string of the molecule is Cc1cc(-c2ccc3ncc(C(=O)I)n3c2)cn(C)c1=O. The molecule has 6 heteroatoms. The van der Waals surface area contributed by atoms with Crippen molar-refractivity contribution in [1.29, 1.82) is 0 Å². The van der Waals surface area contributed by atoms with E-state index in [9.17, 15) is 9.59 Å².